The van der Waals surface area contributed by atoms with E-state index >= 15 is 0 Å². The second-order valence-corrected chi connectivity index (χ2v) is 9.83. The van der Waals surface area contributed by atoms with E-state index in [1.807, 2.05) is 24.3 Å². The lowest BCUT2D eigenvalue weighted by Crippen LogP contribution is -2.40. The van der Waals surface area contributed by atoms with Gasteiger partial charge in [-0.2, -0.15) is 4.31 Å². The Bertz CT molecular complexity index is 1060. The molecule has 160 valence electrons. The second-order valence-electron chi connectivity index (χ2n) is 7.79. The number of amides is 2. The predicted molar refractivity (Wildman–Crippen MR) is 113 cm³/mol. The van der Waals surface area contributed by atoms with Crippen molar-refractivity contribution in [3.05, 3.63) is 47.8 Å². The molecule has 0 atom stereocenters. The molecule has 2 aliphatic heterocycles. The van der Waals surface area contributed by atoms with Crippen LogP contribution < -0.4 is 4.90 Å². The number of nitrogens with one attached hydrogen (secondary N) is 1. The molecule has 0 aliphatic carbocycles. The summed E-state index contributed by atoms with van der Waals surface area (Å²) in [7, 11) is -2.52. The molecule has 0 saturated carbocycles. The van der Waals surface area contributed by atoms with Gasteiger partial charge >= 0.3 is 0 Å². The van der Waals surface area contributed by atoms with Crippen LogP contribution in [0.5, 0.6) is 0 Å². The van der Waals surface area contributed by atoms with Crippen LogP contribution in [0.25, 0.3) is 0 Å². The number of para-hydroxylation sites is 1. The standard InChI is InChI=1S/C21H26N4O4S/c1-23(15-20(26)25-12-9-16-7-3-4-8-19(16)25)30(28,29)17-13-18(22-14-17)21(27)24-10-5-2-6-11-24/h3-4,7-8,13-14,22H,2,5-6,9-12,15H2,1H3. The number of nitrogens with zero attached hydrogens (tertiary/aromatic N) is 3. The highest BCUT2D eigenvalue weighted by Crippen LogP contribution is 2.28. The summed E-state index contributed by atoms with van der Waals surface area (Å²) in [6.07, 6.45) is 5.11. The summed E-state index contributed by atoms with van der Waals surface area (Å²) in [6.45, 7) is 1.65. The Morgan fingerprint density at radius 2 is 1.83 bits per heavy atom. The van der Waals surface area contributed by atoms with Crippen LogP contribution in [-0.2, 0) is 21.2 Å². The molecular formula is C21H26N4O4S. The van der Waals surface area contributed by atoms with Crippen molar-refractivity contribution in [3.63, 3.8) is 0 Å². The molecule has 1 N–H and O–H groups in total. The molecule has 2 aliphatic rings. The van der Waals surface area contributed by atoms with E-state index in [0.29, 0.717) is 19.6 Å². The molecule has 1 saturated heterocycles. The summed E-state index contributed by atoms with van der Waals surface area (Å²) in [5, 5.41) is 0. The number of hydrogen-bond donors (Lipinski definition) is 1. The number of carbonyl (C=O) groups is 2. The number of piperidine rings is 1. The number of likely N-dealkylation sites (N-methyl/N-ethyl adjacent to an activating group) is 1. The van der Waals surface area contributed by atoms with Crippen LogP contribution in [0.15, 0.2) is 41.4 Å². The molecular weight excluding hydrogens is 404 g/mol. The first-order valence-electron chi connectivity index (χ1n) is 10.2. The first-order chi connectivity index (χ1) is 14.4. The number of benzene rings is 1. The van der Waals surface area contributed by atoms with E-state index in [0.717, 1.165) is 41.2 Å². The first-order valence-corrected chi connectivity index (χ1v) is 11.6. The Balaban J connectivity index is 1.45. The smallest absolute Gasteiger partial charge is 0.270 e. The van der Waals surface area contributed by atoms with Crippen LogP contribution in [-0.4, -0.2) is 67.6 Å². The molecule has 30 heavy (non-hydrogen) atoms. The van der Waals surface area contributed by atoms with Crippen LogP contribution in [0.4, 0.5) is 5.69 Å². The van der Waals surface area contributed by atoms with Crippen molar-refractivity contribution in [1.82, 2.24) is 14.2 Å². The molecule has 4 rings (SSSR count). The van der Waals surface area contributed by atoms with Crippen LogP contribution >= 0.6 is 0 Å². The average molecular weight is 431 g/mol. The highest BCUT2D eigenvalue weighted by atomic mass is 32.2. The maximum Gasteiger partial charge on any atom is 0.270 e. The number of aromatic amines is 1. The molecule has 0 bridgehead atoms. The number of H-pyrrole nitrogens is 1. The number of rotatable bonds is 5. The van der Waals surface area contributed by atoms with Gasteiger partial charge in [-0.3, -0.25) is 9.59 Å². The lowest BCUT2D eigenvalue weighted by molar-refractivity contribution is -0.118. The average Bonchev–Trinajstić information content (AvgIpc) is 3.41. The summed E-state index contributed by atoms with van der Waals surface area (Å²) >= 11 is 0. The lowest BCUT2D eigenvalue weighted by atomic mass is 10.1. The molecule has 2 amide bonds. The van der Waals surface area contributed by atoms with E-state index in [2.05, 4.69) is 4.98 Å². The van der Waals surface area contributed by atoms with Gasteiger partial charge in [0, 0.05) is 38.6 Å². The Labute approximate surface area is 176 Å². The number of likely N-dealkylation sites (tertiary alicyclic amines) is 1. The molecule has 9 heteroatoms. The maximum atomic E-state index is 13.0. The van der Waals surface area contributed by atoms with Gasteiger partial charge < -0.3 is 14.8 Å². The molecule has 3 heterocycles. The fraction of sp³-hybridized carbons (Fsp3) is 0.429. The third kappa shape index (κ3) is 3.87. The summed E-state index contributed by atoms with van der Waals surface area (Å²) in [6, 6.07) is 9.01. The third-order valence-electron chi connectivity index (χ3n) is 5.78. The molecule has 0 radical (unpaired) electrons. The highest BCUT2D eigenvalue weighted by molar-refractivity contribution is 7.89. The van der Waals surface area contributed by atoms with E-state index < -0.39 is 10.0 Å². The van der Waals surface area contributed by atoms with Crippen molar-refractivity contribution in [3.8, 4) is 0 Å². The minimum Gasteiger partial charge on any atom is -0.356 e. The summed E-state index contributed by atoms with van der Waals surface area (Å²) in [5.74, 6) is -0.463. The maximum absolute atomic E-state index is 13.0. The van der Waals surface area contributed by atoms with Gasteiger partial charge in [-0.15, -0.1) is 0 Å². The quantitative estimate of drug-likeness (QED) is 0.783. The summed E-state index contributed by atoms with van der Waals surface area (Å²) in [5.41, 5.74) is 2.18. The summed E-state index contributed by atoms with van der Waals surface area (Å²) < 4.78 is 26.9. The van der Waals surface area contributed by atoms with Gasteiger partial charge in [0.25, 0.3) is 5.91 Å². The van der Waals surface area contributed by atoms with Crippen molar-refractivity contribution >= 4 is 27.5 Å². The fourth-order valence-electron chi connectivity index (χ4n) is 4.05. The minimum atomic E-state index is -3.90. The Morgan fingerprint density at radius 3 is 2.60 bits per heavy atom. The van der Waals surface area contributed by atoms with E-state index in [9.17, 15) is 18.0 Å². The van der Waals surface area contributed by atoms with Crippen LogP contribution in [0.3, 0.4) is 0 Å². The Morgan fingerprint density at radius 1 is 1.10 bits per heavy atom. The highest BCUT2D eigenvalue weighted by Gasteiger charge is 2.30. The number of aromatic nitrogens is 1. The number of sulfonamides is 1. The van der Waals surface area contributed by atoms with Crippen molar-refractivity contribution in [1.29, 1.82) is 0 Å². The van der Waals surface area contributed by atoms with E-state index in [1.165, 1.54) is 19.3 Å². The fourth-order valence-corrected chi connectivity index (χ4v) is 5.17. The molecule has 0 unspecified atom stereocenters. The van der Waals surface area contributed by atoms with Crippen LogP contribution in [0, 0.1) is 0 Å². The van der Waals surface area contributed by atoms with Crippen molar-refractivity contribution in [2.75, 3.05) is 38.1 Å². The number of carbonyl (C=O) groups excluding carboxylic acids is 2. The lowest BCUT2D eigenvalue weighted by Gasteiger charge is -2.26. The van der Waals surface area contributed by atoms with Gasteiger partial charge in [0.05, 0.1) is 6.54 Å². The SMILES string of the molecule is CN(CC(=O)N1CCc2ccccc21)S(=O)(=O)c1c[nH]c(C(=O)N2CCCCC2)c1. The van der Waals surface area contributed by atoms with E-state index in [1.54, 1.807) is 9.80 Å². The molecule has 0 spiro atoms. The number of anilines is 1. The van der Waals surface area contributed by atoms with Crippen molar-refractivity contribution in [2.24, 2.45) is 0 Å². The Hall–Kier alpha value is -2.65. The largest absolute Gasteiger partial charge is 0.356 e. The monoisotopic (exact) mass is 430 g/mol. The molecule has 1 fully saturated rings. The minimum absolute atomic E-state index is 0.0139. The topological polar surface area (TPSA) is 93.8 Å². The first kappa shape index (κ1) is 20.6. The normalized spacial score (nSPS) is 16.7. The van der Waals surface area contributed by atoms with Crippen LogP contribution in [0.2, 0.25) is 0 Å². The molecule has 8 nitrogen and oxygen atoms in total. The van der Waals surface area contributed by atoms with Gasteiger partial charge in [0.1, 0.15) is 10.6 Å². The van der Waals surface area contributed by atoms with Gasteiger partial charge in [0.2, 0.25) is 15.9 Å². The number of fused-ring (bicyclic) bond motifs is 1. The van der Waals surface area contributed by atoms with Crippen LogP contribution in [0.1, 0.15) is 35.3 Å². The van der Waals surface area contributed by atoms with Crippen molar-refractivity contribution < 1.29 is 18.0 Å². The second kappa shape index (κ2) is 8.23. The van der Waals surface area contributed by atoms with E-state index in [-0.39, 0.29) is 28.9 Å². The summed E-state index contributed by atoms with van der Waals surface area (Å²) in [4.78, 5) is 31.5. The molecule has 1 aromatic carbocycles. The zero-order valence-corrected chi connectivity index (χ0v) is 17.8. The van der Waals surface area contributed by atoms with Crippen molar-refractivity contribution in [2.45, 2.75) is 30.6 Å². The van der Waals surface area contributed by atoms with E-state index in [4.69, 9.17) is 0 Å². The predicted octanol–water partition coefficient (Wildman–Crippen LogP) is 1.85. The van der Waals surface area contributed by atoms with Gasteiger partial charge in [-0.1, -0.05) is 18.2 Å². The Kier molecular flexibility index (Phi) is 5.66. The third-order valence-corrected chi connectivity index (χ3v) is 7.57. The van der Waals surface area contributed by atoms with Gasteiger partial charge in [-0.25, -0.2) is 8.42 Å². The molecule has 2 aromatic rings. The molecule has 1 aromatic heterocycles. The zero-order valence-electron chi connectivity index (χ0n) is 17.0. The zero-order chi connectivity index (χ0) is 21.3. The van der Waals surface area contributed by atoms with Gasteiger partial charge in [0.15, 0.2) is 0 Å². The van der Waals surface area contributed by atoms with Gasteiger partial charge in [-0.05, 0) is 43.4 Å². The number of hydrogen-bond acceptors (Lipinski definition) is 4.